The van der Waals surface area contributed by atoms with Crippen molar-refractivity contribution in [3.8, 4) is 0 Å². The first-order valence-corrected chi connectivity index (χ1v) is 5.18. The zero-order valence-electron chi connectivity index (χ0n) is 9.66. The number of nitrogens with zero attached hydrogens (tertiary/aromatic N) is 2. The van der Waals surface area contributed by atoms with Crippen LogP contribution in [0.25, 0.3) is 0 Å². The molecule has 0 saturated carbocycles. The van der Waals surface area contributed by atoms with E-state index in [4.69, 9.17) is 5.73 Å². The fraction of sp³-hybridized carbons (Fsp3) is 0.167. The summed E-state index contributed by atoms with van der Waals surface area (Å²) in [6.45, 7) is 3.52. The third kappa shape index (κ3) is 2.33. The van der Waals surface area contributed by atoms with Crippen LogP contribution in [0.15, 0.2) is 24.5 Å². The van der Waals surface area contributed by atoms with Crippen LogP contribution in [0.1, 0.15) is 11.1 Å². The van der Waals surface area contributed by atoms with Crippen LogP contribution in [-0.4, -0.2) is 9.97 Å². The average molecular weight is 232 g/mol. The summed E-state index contributed by atoms with van der Waals surface area (Å²) in [6.07, 6.45) is 1.37. The zero-order valence-corrected chi connectivity index (χ0v) is 9.66. The molecule has 2 aromatic rings. The minimum absolute atomic E-state index is 0.255. The molecule has 0 saturated heterocycles. The number of hydrogen-bond donors (Lipinski definition) is 2. The smallest absolute Gasteiger partial charge is 0.138 e. The van der Waals surface area contributed by atoms with Crippen molar-refractivity contribution in [3.63, 3.8) is 0 Å². The van der Waals surface area contributed by atoms with Crippen molar-refractivity contribution in [1.82, 2.24) is 9.97 Å². The van der Waals surface area contributed by atoms with E-state index < -0.39 is 0 Å². The second kappa shape index (κ2) is 4.37. The Labute approximate surface area is 98.7 Å². The second-order valence-electron chi connectivity index (χ2n) is 3.82. The van der Waals surface area contributed by atoms with Gasteiger partial charge in [0.2, 0.25) is 0 Å². The number of anilines is 3. The van der Waals surface area contributed by atoms with Crippen LogP contribution in [0.4, 0.5) is 21.7 Å². The molecule has 2 rings (SSSR count). The maximum atomic E-state index is 13.4. The van der Waals surface area contributed by atoms with Crippen LogP contribution < -0.4 is 11.1 Å². The zero-order chi connectivity index (χ0) is 12.4. The Morgan fingerprint density at radius 2 is 2.00 bits per heavy atom. The van der Waals surface area contributed by atoms with Crippen molar-refractivity contribution < 1.29 is 4.39 Å². The molecule has 1 aromatic heterocycles. The normalized spacial score (nSPS) is 10.3. The van der Waals surface area contributed by atoms with Crippen LogP contribution in [0.3, 0.4) is 0 Å². The Hall–Kier alpha value is -2.17. The Balaban J connectivity index is 2.31. The lowest BCUT2D eigenvalue weighted by molar-refractivity contribution is 0.619. The first kappa shape index (κ1) is 11.3. The molecule has 0 radical (unpaired) electrons. The van der Waals surface area contributed by atoms with E-state index in [0.29, 0.717) is 22.9 Å². The van der Waals surface area contributed by atoms with Crippen LogP contribution in [0.5, 0.6) is 0 Å². The summed E-state index contributed by atoms with van der Waals surface area (Å²) < 4.78 is 13.4. The van der Waals surface area contributed by atoms with Crippen molar-refractivity contribution in [2.45, 2.75) is 13.8 Å². The third-order valence-corrected chi connectivity index (χ3v) is 2.56. The van der Waals surface area contributed by atoms with E-state index in [1.54, 1.807) is 19.1 Å². The lowest BCUT2D eigenvalue weighted by atomic mass is 10.2. The first-order valence-electron chi connectivity index (χ1n) is 5.18. The minimum Gasteiger partial charge on any atom is -0.383 e. The van der Waals surface area contributed by atoms with E-state index in [0.717, 1.165) is 5.56 Å². The second-order valence-corrected chi connectivity index (χ2v) is 3.82. The topological polar surface area (TPSA) is 63.8 Å². The van der Waals surface area contributed by atoms with Crippen LogP contribution in [0.2, 0.25) is 0 Å². The molecule has 0 bridgehead atoms. The number of nitrogens with one attached hydrogen (secondary N) is 1. The Kier molecular flexibility index (Phi) is 2.91. The SMILES string of the molecule is Cc1ccc(Nc2ncnc(N)c2C)cc1F. The van der Waals surface area contributed by atoms with Gasteiger partial charge in [0.1, 0.15) is 23.8 Å². The van der Waals surface area contributed by atoms with Crippen molar-refractivity contribution in [1.29, 1.82) is 0 Å². The highest BCUT2D eigenvalue weighted by Crippen LogP contribution is 2.21. The van der Waals surface area contributed by atoms with E-state index in [1.165, 1.54) is 12.4 Å². The molecule has 88 valence electrons. The summed E-state index contributed by atoms with van der Waals surface area (Å²) in [5, 5.41) is 3.01. The fourth-order valence-electron chi connectivity index (χ4n) is 1.40. The van der Waals surface area contributed by atoms with Crippen molar-refractivity contribution in [2.75, 3.05) is 11.1 Å². The van der Waals surface area contributed by atoms with Gasteiger partial charge in [0.25, 0.3) is 0 Å². The molecule has 5 heteroatoms. The van der Waals surface area contributed by atoms with Gasteiger partial charge >= 0.3 is 0 Å². The molecule has 0 spiro atoms. The number of rotatable bonds is 2. The summed E-state index contributed by atoms with van der Waals surface area (Å²) in [5.41, 5.74) is 7.65. The lowest BCUT2D eigenvalue weighted by Gasteiger charge is -2.09. The Morgan fingerprint density at radius 1 is 1.24 bits per heavy atom. The number of halogens is 1. The number of nitrogen functional groups attached to an aromatic ring is 1. The van der Waals surface area contributed by atoms with Gasteiger partial charge < -0.3 is 11.1 Å². The molecule has 3 N–H and O–H groups in total. The molecule has 0 amide bonds. The molecule has 0 unspecified atom stereocenters. The van der Waals surface area contributed by atoms with Crippen LogP contribution in [-0.2, 0) is 0 Å². The van der Waals surface area contributed by atoms with Gasteiger partial charge in [0.05, 0.1) is 0 Å². The molecule has 17 heavy (non-hydrogen) atoms. The monoisotopic (exact) mass is 232 g/mol. The van der Waals surface area contributed by atoms with Crippen molar-refractivity contribution in [2.24, 2.45) is 0 Å². The highest BCUT2D eigenvalue weighted by molar-refractivity contribution is 5.63. The number of aromatic nitrogens is 2. The molecular formula is C12H13FN4. The predicted octanol–water partition coefficient (Wildman–Crippen LogP) is 2.56. The van der Waals surface area contributed by atoms with Crippen LogP contribution >= 0.6 is 0 Å². The van der Waals surface area contributed by atoms with Gasteiger partial charge in [-0.05, 0) is 31.5 Å². The summed E-state index contributed by atoms with van der Waals surface area (Å²) >= 11 is 0. The van der Waals surface area contributed by atoms with E-state index in [2.05, 4.69) is 15.3 Å². The summed E-state index contributed by atoms with van der Waals surface area (Å²) in [5.74, 6) is 0.741. The van der Waals surface area contributed by atoms with E-state index in [9.17, 15) is 4.39 Å². The maximum Gasteiger partial charge on any atom is 0.138 e. The quantitative estimate of drug-likeness (QED) is 0.835. The number of hydrogen-bond acceptors (Lipinski definition) is 4. The predicted molar refractivity (Wildman–Crippen MR) is 65.6 cm³/mol. The standard InChI is InChI=1S/C12H13FN4/c1-7-3-4-9(5-10(7)13)17-12-8(2)11(14)15-6-16-12/h3-6H,1-2H3,(H3,14,15,16,17). The highest BCUT2D eigenvalue weighted by atomic mass is 19.1. The molecule has 1 aromatic carbocycles. The lowest BCUT2D eigenvalue weighted by Crippen LogP contribution is -2.02. The summed E-state index contributed by atoms with van der Waals surface area (Å²) in [7, 11) is 0. The van der Waals surface area contributed by atoms with E-state index >= 15 is 0 Å². The molecule has 0 aliphatic carbocycles. The van der Waals surface area contributed by atoms with Gasteiger partial charge in [0, 0.05) is 11.3 Å². The van der Waals surface area contributed by atoms with Crippen molar-refractivity contribution >= 4 is 17.3 Å². The molecule has 0 fully saturated rings. The third-order valence-electron chi connectivity index (χ3n) is 2.56. The fourth-order valence-corrected chi connectivity index (χ4v) is 1.40. The van der Waals surface area contributed by atoms with Gasteiger partial charge in [-0.1, -0.05) is 6.07 Å². The molecule has 1 heterocycles. The van der Waals surface area contributed by atoms with Gasteiger partial charge in [0.15, 0.2) is 0 Å². The van der Waals surface area contributed by atoms with Gasteiger partial charge in [-0.15, -0.1) is 0 Å². The molecule has 0 aliphatic heterocycles. The Bertz CT molecular complexity index is 554. The first-order chi connectivity index (χ1) is 8.08. The summed E-state index contributed by atoms with van der Waals surface area (Å²) in [4.78, 5) is 7.93. The largest absolute Gasteiger partial charge is 0.383 e. The van der Waals surface area contributed by atoms with Crippen LogP contribution in [0, 0.1) is 19.7 Å². The molecule has 0 atom stereocenters. The number of nitrogens with two attached hydrogens (primary N) is 1. The average Bonchev–Trinajstić information content (AvgIpc) is 2.30. The Morgan fingerprint density at radius 3 is 2.71 bits per heavy atom. The van der Waals surface area contributed by atoms with Gasteiger partial charge in [-0.3, -0.25) is 0 Å². The van der Waals surface area contributed by atoms with Gasteiger partial charge in [-0.25, -0.2) is 14.4 Å². The summed E-state index contributed by atoms with van der Waals surface area (Å²) in [6, 6.07) is 4.92. The highest BCUT2D eigenvalue weighted by Gasteiger charge is 2.05. The molecular weight excluding hydrogens is 219 g/mol. The number of aryl methyl sites for hydroxylation is 1. The van der Waals surface area contributed by atoms with Gasteiger partial charge in [-0.2, -0.15) is 0 Å². The maximum absolute atomic E-state index is 13.4. The molecule has 0 aliphatic rings. The van der Waals surface area contributed by atoms with E-state index in [-0.39, 0.29) is 5.82 Å². The van der Waals surface area contributed by atoms with Crippen molar-refractivity contribution in [3.05, 3.63) is 41.5 Å². The van der Waals surface area contributed by atoms with E-state index in [1.807, 2.05) is 6.92 Å². The molecule has 4 nitrogen and oxygen atoms in total. The number of benzene rings is 1. The minimum atomic E-state index is -0.255.